The molecular weight excluding hydrogens is 454 g/mol. The van der Waals surface area contributed by atoms with Crippen molar-refractivity contribution in [1.29, 1.82) is 0 Å². The predicted octanol–water partition coefficient (Wildman–Crippen LogP) is 1.95. The fourth-order valence-electron chi connectivity index (χ4n) is 4.00. The number of sulfone groups is 1. The maximum Gasteiger partial charge on any atom is 0.245 e. The van der Waals surface area contributed by atoms with Gasteiger partial charge >= 0.3 is 0 Å². The molecule has 0 aliphatic carbocycles. The van der Waals surface area contributed by atoms with E-state index < -0.39 is 20.5 Å². The van der Waals surface area contributed by atoms with Crippen LogP contribution < -0.4 is 15.9 Å². The molecule has 1 atom stereocenters. The zero-order valence-electron chi connectivity index (χ0n) is 17.7. The van der Waals surface area contributed by atoms with Crippen LogP contribution in [0.1, 0.15) is 37.5 Å². The summed E-state index contributed by atoms with van der Waals surface area (Å²) in [6.07, 6.45) is 1.19. The van der Waals surface area contributed by atoms with Crippen molar-refractivity contribution in [3.63, 3.8) is 0 Å². The fourth-order valence-corrected chi connectivity index (χ4v) is 7.77. The highest BCUT2D eigenvalue weighted by Crippen LogP contribution is 2.47. The van der Waals surface area contributed by atoms with Crippen LogP contribution in [0.15, 0.2) is 36.4 Å². The molecule has 1 fully saturated rings. The Morgan fingerprint density at radius 1 is 1.22 bits per heavy atom. The monoisotopic (exact) mass is 481 g/mol. The fraction of sp³-hybridized carbons (Fsp3) is 0.429. The highest BCUT2D eigenvalue weighted by Gasteiger charge is 2.49. The number of nitrogens with one attached hydrogen (secondary N) is 2. The van der Waals surface area contributed by atoms with Crippen LogP contribution in [0, 0.1) is 0 Å². The Balaban J connectivity index is 2.00. The number of amides is 2. The molecule has 1 aliphatic heterocycles. The quantitative estimate of drug-likeness (QED) is 0.334. The number of hydrazine groups is 1. The van der Waals surface area contributed by atoms with Gasteiger partial charge in [-0.2, -0.15) is 0 Å². The molecule has 0 saturated carbocycles. The van der Waals surface area contributed by atoms with Gasteiger partial charge in [0.25, 0.3) is 0 Å². The first-order valence-corrected chi connectivity index (χ1v) is 12.7. The molecule has 0 unspecified atom stereocenters. The summed E-state index contributed by atoms with van der Waals surface area (Å²) in [6.45, 7) is 1.49. The minimum atomic E-state index is -3.60. The summed E-state index contributed by atoms with van der Waals surface area (Å²) in [6, 6.07) is 10.7. The Kier molecular flexibility index (Phi) is 7.67. The van der Waals surface area contributed by atoms with Gasteiger partial charge in [0.15, 0.2) is 9.84 Å². The number of hydrogen-bond donors (Lipinski definition) is 4. The maximum absolute atomic E-state index is 13.1. The SMILES string of the molecule is CC(=O)N(NCCO)c1cccc(-c2ccc([C@@]3(CC(=O)NO)CCCCS3(=O)=O)s2)c1. The van der Waals surface area contributed by atoms with Crippen LogP contribution >= 0.6 is 11.3 Å². The number of anilines is 1. The van der Waals surface area contributed by atoms with Crippen LogP contribution in [0.5, 0.6) is 0 Å². The molecule has 0 spiro atoms. The summed E-state index contributed by atoms with van der Waals surface area (Å²) in [5, 5.41) is 19.4. The largest absolute Gasteiger partial charge is 0.395 e. The first-order valence-electron chi connectivity index (χ1n) is 10.2. The number of aliphatic hydroxyl groups excluding tert-OH is 1. The maximum atomic E-state index is 13.1. The lowest BCUT2D eigenvalue weighted by Crippen LogP contribution is -2.43. The molecule has 1 aromatic carbocycles. The molecule has 0 bridgehead atoms. The summed E-state index contributed by atoms with van der Waals surface area (Å²) in [5.74, 6) is -0.984. The van der Waals surface area contributed by atoms with Gasteiger partial charge < -0.3 is 5.11 Å². The van der Waals surface area contributed by atoms with Gasteiger partial charge in [-0.05, 0) is 42.7 Å². The third-order valence-electron chi connectivity index (χ3n) is 5.55. The van der Waals surface area contributed by atoms with Crippen molar-refractivity contribution in [2.75, 3.05) is 23.9 Å². The number of hydrogen-bond acceptors (Lipinski definition) is 8. The van der Waals surface area contributed by atoms with Crippen LogP contribution in [-0.4, -0.2) is 49.5 Å². The number of carbonyl (C=O) groups excluding carboxylic acids is 2. The van der Waals surface area contributed by atoms with E-state index in [9.17, 15) is 18.0 Å². The predicted molar refractivity (Wildman–Crippen MR) is 122 cm³/mol. The average Bonchev–Trinajstić information content (AvgIpc) is 3.26. The van der Waals surface area contributed by atoms with Gasteiger partial charge in [-0.25, -0.2) is 24.3 Å². The third kappa shape index (κ3) is 4.86. The Bertz CT molecular complexity index is 1080. The Hall–Kier alpha value is -2.31. The normalized spacial score (nSPS) is 20.0. The van der Waals surface area contributed by atoms with Gasteiger partial charge in [-0.15, -0.1) is 11.3 Å². The van der Waals surface area contributed by atoms with Crippen LogP contribution in [0.4, 0.5) is 5.69 Å². The standard InChI is InChI=1S/C21H27N3O6S2/c1-15(26)24(22-10-11-25)17-6-4-5-16(13-17)18-7-8-19(31-18)21(14-20(27)23-28)9-2-3-12-32(21,29)30/h4-8,13,22,25,28H,2-3,9-12,14H2,1H3,(H,23,27)/t21-/m0/s1. The van der Waals surface area contributed by atoms with E-state index >= 15 is 0 Å². The van der Waals surface area contributed by atoms with Gasteiger partial charge in [0.1, 0.15) is 4.75 Å². The van der Waals surface area contributed by atoms with Gasteiger partial charge in [0, 0.05) is 23.2 Å². The van der Waals surface area contributed by atoms with E-state index in [-0.39, 0.29) is 31.2 Å². The molecule has 11 heteroatoms. The number of nitrogens with zero attached hydrogens (tertiary/aromatic N) is 1. The van der Waals surface area contributed by atoms with E-state index in [4.69, 9.17) is 10.3 Å². The molecule has 2 heterocycles. The number of hydroxylamine groups is 1. The number of rotatable bonds is 8. The topological polar surface area (TPSA) is 136 Å². The first kappa shape index (κ1) is 24.3. The van der Waals surface area contributed by atoms with Gasteiger partial charge in [-0.3, -0.25) is 14.8 Å². The molecule has 1 saturated heterocycles. The second-order valence-electron chi connectivity index (χ2n) is 7.68. The second kappa shape index (κ2) is 10.1. The highest BCUT2D eigenvalue weighted by molar-refractivity contribution is 7.92. The van der Waals surface area contributed by atoms with E-state index in [1.807, 2.05) is 6.07 Å². The smallest absolute Gasteiger partial charge is 0.245 e. The van der Waals surface area contributed by atoms with E-state index in [1.165, 1.54) is 23.3 Å². The second-order valence-corrected chi connectivity index (χ2v) is 11.2. The summed E-state index contributed by atoms with van der Waals surface area (Å²) in [5.41, 5.74) is 5.79. The molecule has 0 radical (unpaired) electrons. The van der Waals surface area contributed by atoms with Crippen LogP contribution in [0.2, 0.25) is 0 Å². The van der Waals surface area contributed by atoms with Crippen LogP contribution in [-0.2, 0) is 24.2 Å². The molecule has 2 amide bonds. The Labute approximate surface area is 190 Å². The number of thiophene rings is 1. The van der Waals surface area contributed by atoms with Gasteiger partial charge in [-0.1, -0.05) is 18.6 Å². The van der Waals surface area contributed by atoms with Crippen molar-refractivity contribution in [3.05, 3.63) is 41.3 Å². The van der Waals surface area contributed by atoms with E-state index in [1.54, 1.807) is 35.8 Å². The van der Waals surface area contributed by atoms with Crippen LogP contribution in [0.25, 0.3) is 10.4 Å². The summed E-state index contributed by atoms with van der Waals surface area (Å²) >= 11 is 1.29. The molecule has 4 N–H and O–H groups in total. The molecule has 2 aromatic rings. The lowest BCUT2D eigenvalue weighted by atomic mass is 9.94. The Morgan fingerprint density at radius 2 is 2.00 bits per heavy atom. The van der Waals surface area contributed by atoms with E-state index in [0.29, 0.717) is 29.8 Å². The van der Waals surface area contributed by atoms with E-state index in [2.05, 4.69) is 5.43 Å². The minimum absolute atomic E-state index is 0.00146. The Morgan fingerprint density at radius 3 is 2.66 bits per heavy atom. The molecule has 1 aromatic heterocycles. The number of aliphatic hydroxyl groups is 1. The van der Waals surface area contributed by atoms with Gasteiger partial charge in [0.05, 0.1) is 24.5 Å². The molecule has 3 rings (SSSR count). The lowest BCUT2D eigenvalue weighted by Gasteiger charge is -2.35. The summed E-state index contributed by atoms with van der Waals surface area (Å²) < 4.78 is 24.8. The lowest BCUT2D eigenvalue weighted by molar-refractivity contribution is -0.130. The average molecular weight is 482 g/mol. The van der Waals surface area contributed by atoms with Crippen molar-refractivity contribution in [3.8, 4) is 10.4 Å². The summed E-state index contributed by atoms with van der Waals surface area (Å²) in [4.78, 5) is 25.4. The molecule has 1 aliphatic rings. The van der Waals surface area contributed by atoms with Crippen molar-refractivity contribution in [2.45, 2.75) is 37.4 Å². The molecular formula is C21H27N3O6S2. The number of carbonyl (C=O) groups is 2. The number of benzene rings is 1. The zero-order chi connectivity index (χ0) is 23.4. The highest BCUT2D eigenvalue weighted by atomic mass is 32.2. The minimum Gasteiger partial charge on any atom is -0.395 e. The van der Waals surface area contributed by atoms with Crippen molar-refractivity contribution in [2.24, 2.45) is 0 Å². The summed E-state index contributed by atoms with van der Waals surface area (Å²) in [7, 11) is -3.60. The molecule has 32 heavy (non-hydrogen) atoms. The van der Waals surface area contributed by atoms with Crippen molar-refractivity contribution >= 4 is 38.7 Å². The van der Waals surface area contributed by atoms with Crippen molar-refractivity contribution < 1.29 is 28.3 Å². The first-order chi connectivity index (χ1) is 15.2. The van der Waals surface area contributed by atoms with Gasteiger partial charge in [0.2, 0.25) is 11.8 Å². The van der Waals surface area contributed by atoms with Crippen molar-refractivity contribution in [1.82, 2.24) is 10.9 Å². The molecule has 174 valence electrons. The van der Waals surface area contributed by atoms with Crippen LogP contribution in [0.3, 0.4) is 0 Å². The molecule has 9 nitrogen and oxygen atoms in total. The zero-order valence-corrected chi connectivity index (χ0v) is 19.3. The van der Waals surface area contributed by atoms with E-state index in [0.717, 1.165) is 10.4 Å². The third-order valence-corrected chi connectivity index (χ3v) is 9.60.